The lowest BCUT2D eigenvalue weighted by Crippen LogP contribution is -2.37. The van der Waals surface area contributed by atoms with E-state index in [-0.39, 0.29) is 11.8 Å². The summed E-state index contributed by atoms with van der Waals surface area (Å²) < 4.78 is 0. The highest BCUT2D eigenvalue weighted by Crippen LogP contribution is 2.01. The molecule has 0 aliphatic rings. The zero-order valence-corrected chi connectivity index (χ0v) is 25.6. The Morgan fingerprint density at radius 1 is 0.732 bits per heavy atom. The molecule has 2 amide bonds. The molecule has 6 heteroatoms. The van der Waals surface area contributed by atoms with E-state index in [0.29, 0.717) is 31.6 Å². The first-order valence-electron chi connectivity index (χ1n) is 15.1. The van der Waals surface area contributed by atoms with Crippen LogP contribution in [0.25, 0.3) is 0 Å². The normalized spacial score (nSPS) is 12.4. The van der Waals surface area contributed by atoms with Gasteiger partial charge in [-0.1, -0.05) is 86.8 Å². The average molecular weight is 561 g/mol. The molecule has 0 spiro atoms. The average Bonchev–Trinajstić information content (AvgIpc) is 2.98. The third-order valence-electron chi connectivity index (χ3n) is 6.18. The van der Waals surface area contributed by atoms with Crippen LogP contribution >= 0.6 is 0 Å². The number of likely N-dealkylation sites (N-methyl/N-ethyl adjacent to an activating group) is 1. The number of pyridine rings is 1. The summed E-state index contributed by atoms with van der Waals surface area (Å²) in [7, 11) is 1.98. The van der Waals surface area contributed by atoms with Gasteiger partial charge in [-0.3, -0.25) is 14.6 Å². The van der Waals surface area contributed by atoms with Crippen molar-refractivity contribution in [2.75, 3.05) is 33.2 Å². The van der Waals surface area contributed by atoms with Crippen LogP contribution in [0.15, 0.2) is 91.2 Å². The summed E-state index contributed by atoms with van der Waals surface area (Å²) in [5.41, 5.74) is 1.55. The van der Waals surface area contributed by atoms with Crippen molar-refractivity contribution in [3.05, 3.63) is 102 Å². The summed E-state index contributed by atoms with van der Waals surface area (Å²) in [4.78, 5) is 30.6. The molecule has 41 heavy (non-hydrogen) atoms. The Morgan fingerprint density at radius 2 is 1.24 bits per heavy atom. The minimum atomic E-state index is -0.115. The second-order valence-electron chi connectivity index (χ2n) is 9.75. The predicted molar refractivity (Wildman–Crippen MR) is 174 cm³/mol. The Balaban J connectivity index is 1.99. The SMILES string of the molecule is CCC=CCC=CCC=CCC=CCC=CCC=CCCC(=O)NCCN(C)CCNC(=O)c1ccc(CC)nc1. The predicted octanol–water partition coefficient (Wildman–Crippen LogP) is 6.90. The second-order valence-corrected chi connectivity index (χ2v) is 9.75. The minimum absolute atomic E-state index is 0.0641. The van der Waals surface area contributed by atoms with E-state index in [4.69, 9.17) is 0 Å². The largest absolute Gasteiger partial charge is 0.355 e. The van der Waals surface area contributed by atoms with Crippen LogP contribution in [0.5, 0.6) is 0 Å². The maximum Gasteiger partial charge on any atom is 0.252 e. The molecule has 0 fully saturated rings. The summed E-state index contributed by atoms with van der Waals surface area (Å²) in [6.45, 7) is 6.76. The molecule has 0 radical (unpaired) electrons. The molecule has 1 rings (SSSR count). The quantitative estimate of drug-likeness (QED) is 0.151. The lowest BCUT2D eigenvalue weighted by molar-refractivity contribution is -0.121. The second kappa shape index (κ2) is 25.5. The van der Waals surface area contributed by atoms with Gasteiger partial charge >= 0.3 is 0 Å². The summed E-state index contributed by atoms with van der Waals surface area (Å²) in [5.74, 6) is -0.0505. The molecule has 0 saturated heterocycles. The molecule has 0 aromatic carbocycles. The smallest absolute Gasteiger partial charge is 0.252 e. The highest BCUT2D eigenvalue weighted by atomic mass is 16.2. The Kier molecular flexibility index (Phi) is 22.1. The van der Waals surface area contributed by atoms with E-state index in [1.807, 2.05) is 20.0 Å². The topological polar surface area (TPSA) is 74.3 Å². The summed E-state index contributed by atoms with van der Waals surface area (Å²) in [5, 5.41) is 5.88. The van der Waals surface area contributed by atoms with Crippen LogP contribution in [0.2, 0.25) is 0 Å². The molecule has 0 atom stereocenters. The zero-order valence-electron chi connectivity index (χ0n) is 25.6. The molecule has 1 aromatic heterocycles. The Bertz CT molecular complexity index is 1000. The molecule has 1 aromatic rings. The van der Waals surface area contributed by atoms with E-state index in [1.54, 1.807) is 12.3 Å². The lowest BCUT2D eigenvalue weighted by atomic mass is 10.2. The van der Waals surface area contributed by atoms with E-state index in [1.165, 1.54) is 0 Å². The molecule has 2 N–H and O–H groups in total. The molecular formula is C35H52N4O2. The third kappa shape index (κ3) is 21.0. The molecule has 224 valence electrons. The van der Waals surface area contributed by atoms with E-state index in [0.717, 1.165) is 63.6 Å². The number of hydrogen-bond donors (Lipinski definition) is 2. The number of nitrogens with one attached hydrogen (secondary N) is 2. The molecule has 6 nitrogen and oxygen atoms in total. The molecule has 0 unspecified atom stereocenters. The van der Waals surface area contributed by atoms with Crippen molar-refractivity contribution in [2.45, 2.75) is 71.6 Å². The van der Waals surface area contributed by atoms with Gasteiger partial charge in [0.1, 0.15) is 0 Å². The molecular weight excluding hydrogens is 508 g/mol. The van der Waals surface area contributed by atoms with Crippen molar-refractivity contribution in [1.29, 1.82) is 0 Å². The fraction of sp³-hybridized carbons (Fsp3) is 0.457. The van der Waals surface area contributed by atoms with Gasteiger partial charge in [0, 0.05) is 44.5 Å². The van der Waals surface area contributed by atoms with Crippen molar-refractivity contribution in [1.82, 2.24) is 20.5 Å². The van der Waals surface area contributed by atoms with Crippen LogP contribution in [0.3, 0.4) is 0 Å². The zero-order chi connectivity index (χ0) is 29.8. The van der Waals surface area contributed by atoms with Gasteiger partial charge in [-0.25, -0.2) is 0 Å². The fourth-order valence-corrected chi connectivity index (χ4v) is 3.67. The van der Waals surface area contributed by atoms with Crippen LogP contribution in [0.1, 0.15) is 81.3 Å². The monoisotopic (exact) mass is 560 g/mol. The Hall–Kier alpha value is -3.51. The van der Waals surface area contributed by atoms with Gasteiger partial charge in [-0.15, -0.1) is 0 Å². The maximum atomic E-state index is 12.2. The standard InChI is InChI=1S/C35H52N4O2/c1-4-6-7-8-9-10-11-12-13-14-15-16-17-18-19-20-21-22-23-24-34(40)36-27-29-39(3)30-28-37-35(41)32-25-26-33(5-2)38-31-32/h6-7,9-10,12-13,15-16,18-19,21-22,25-26,31H,4-5,8,11,14,17,20,23-24,27-30H2,1-3H3,(H,36,40)(H,37,41). The highest BCUT2D eigenvalue weighted by molar-refractivity contribution is 5.93. The van der Waals surface area contributed by atoms with Gasteiger partial charge in [-0.05, 0) is 70.5 Å². The summed E-state index contributed by atoms with van der Waals surface area (Å²) in [6.07, 6.45) is 35.8. The fourth-order valence-electron chi connectivity index (χ4n) is 3.67. The number of carbonyl (C=O) groups excluding carboxylic acids is 2. The number of nitrogens with zero attached hydrogens (tertiary/aromatic N) is 2. The van der Waals surface area contributed by atoms with Crippen molar-refractivity contribution in [3.63, 3.8) is 0 Å². The van der Waals surface area contributed by atoms with Gasteiger partial charge in [0.15, 0.2) is 0 Å². The number of aryl methyl sites for hydroxylation is 1. The third-order valence-corrected chi connectivity index (χ3v) is 6.18. The van der Waals surface area contributed by atoms with Crippen molar-refractivity contribution in [3.8, 4) is 0 Å². The number of allylic oxidation sites excluding steroid dienone is 12. The highest BCUT2D eigenvalue weighted by Gasteiger charge is 2.06. The van der Waals surface area contributed by atoms with Gasteiger partial charge in [0.2, 0.25) is 5.91 Å². The van der Waals surface area contributed by atoms with E-state index < -0.39 is 0 Å². The molecule has 0 aliphatic heterocycles. The summed E-state index contributed by atoms with van der Waals surface area (Å²) in [6, 6.07) is 3.69. The molecule has 0 bridgehead atoms. The number of amides is 2. The minimum Gasteiger partial charge on any atom is -0.355 e. The van der Waals surface area contributed by atoms with Gasteiger partial charge < -0.3 is 15.5 Å². The van der Waals surface area contributed by atoms with Crippen LogP contribution < -0.4 is 10.6 Å². The first-order valence-corrected chi connectivity index (χ1v) is 15.1. The van der Waals surface area contributed by atoms with E-state index in [9.17, 15) is 9.59 Å². The van der Waals surface area contributed by atoms with E-state index in [2.05, 4.69) is 100 Å². The number of carbonyl (C=O) groups is 2. The van der Waals surface area contributed by atoms with Crippen LogP contribution in [0.4, 0.5) is 0 Å². The summed E-state index contributed by atoms with van der Waals surface area (Å²) >= 11 is 0. The van der Waals surface area contributed by atoms with Crippen molar-refractivity contribution >= 4 is 11.8 Å². The number of hydrogen-bond acceptors (Lipinski definition) is 4. The Labute approximate surface area is 249 Å². The molecule has 0 aliphatic carbocycles. The lowest BCUT2D eigenvalue weighted by Gasteiger charge is -2.17. The van der Waals surface area contributed by atoms with Crippen LogP contribution in [-0.4, -0.2) is 54.9 Å². The van der Waals surface area contributed by atoms with E-state index >= 15 is 0 Å². The first kappa shape index (κ1) is 35.5. The maximum absolute atomic E-state index is 12.2. The molecule has 1 heterocycles. The van der Waals surface area contributed by atoms with Gasteiger partial charge in [0.05, 0.1) is 5.56 Å². The first-order chi connectivity index (χ1) is 20.1. The van der Waals surface area contributed by atoms with Crippen molar-refractivity contribution < 1.29 is 9.59 Å². The molecule has 0 saturated carbocycles. The van der Waals surface area contributed by atoms with Crippen LogP contribution in [0, 0.1) is 0 Å². The number of aromatic nitrogens is 1. The Morgan fingerprint density at radius 3 is 1.73 bits per heavy atom. The van der Waals surface area contributed by atoms with Gasteiger partial charge in [-0.2, -0.15) is 0 Å². The van der Waals surface area contributed by atoms with Gasteiger partial charge in [0.25, 0.3) is 5.91 Å². The van der Waals surface area contributed by atoms with Crippen LogP contribution in [-0.2, 0) is 11.2 Å². The number of rotatable bonds is 22. The van der Waals surface area contributed by atoms with Crippen molar-refractivity contribution in [2.24, 2.45) is 0 Å².